The highest BCUT2D eigenvalue weighted by atomic mass is 35.5. The third-order valence-corrected chi connectivity index (χ3v) is 7.64. The summed E-state index contributed by atoms with van der Waals surface area (Å²) in [5.74, 6) is 0.857. The van der Waals surface area contributed by atoms with Crippen molar-refractivity contribution in [3.05, 3.63) is 65.9 Å². The monoisotopic (exact) mass is 495 g/mol. The number of hydrogen-bond donors (Lipinski definition) is 2. The van der Waals surface area contributed by atoms with Gasteiger partial charge in [-0.1, -0.05) is 11.6 Å². The zero-order valence-corrected chi connectivity index (χ0v) is 18.9. The number of aromatic nitrogens is 1. The van der Waals surface area contributed by atoms with Crippen LogP contribution in [0.4, 0.5) is 11.4 Å². The molecule has 0 saturated carbocycles. The molecule has 9 nitrogen and oxygen atoms in total. The molecule has 0 unspecified atom stereocenters. The minimum atomic E-state index is -3.96. The Kier molecular flexibility index (Phi) is 6.13. The van der Waals surface area contributed by atoms with Crippen LogP contribution in [0.3, 0.4) is 0 Å². The summed E-state index contributed by atoms with van der Waals surface area (Å²) >= 11 is 5.86. The van der Waals surface area contributed by atoms with Gasteiger partial charge in [-0.05, 0) is 48.5 Å². The summed E-state index contributed by atoms with van der Waals surface area (Å²) in [6, 6.07) is 12.9. The second-order valence-electron chi connectivity index (χ2n) is 6.74. The predicted molar refractivity (Wildman–Crippen MR) is 119 cm³/mol. The maximum absolute atomic E-state index is 12.8. The molecule has 0 fully saturated rings. The predicted octanol–water partition coefficient (Wildman–Crippen LogP) is 3.50. The fourth-order valence-corrected chi connectivity index (χ4v) is 5.50. The number of fused-ring (bicyclic) bond motifs is 1. The fraction of sp³-hybridized carbons (Fsp3) is 0.150. The Hall–Kier alpha value is -3.02. The first-order chi connectivity index (χ1) is 15.2. The average Bonchev–Trinajstić information content (AvgIpc) is 3.00. The van der Waals surface area contributed by atoms with E-state index in [0.717, 1.165) is 0 Å². The molecule has 32 heavy (non-hydrogen) atoms. The third kappa shape index (κ3) is 4.90. The van der Waals surface area contributed by atoms with E-state index in [9.17, 15) is 16.8 Å². The standard InChI is InChI=1S/C20H18ClN3O6S2/c21-20-19(3-1-10-22-20)32(27,28)24-15-6-4-14(5-7-15)23-31(25,26)16-8-9-17-18(13-16)30-12-2-11-29-17/h1,3-10,13,23-24H,2,11-12H2. The van der Waals surface area contributed by atoms with Crippen LogP contribution >= 0.6 is 11.6 Å². The minimum Gasteiger partial charge on any atom is -0.490 e. The maximum atomic E-state index is 12.8. The third-order valence-electron chi connectivity index (χ3n) is 4.43. The molecule has 1 aliphatic rings. The van der Waals surface area contributed by atoms with Crippen molar-refractivity contribution in [1.82, 2.24) is 4.98 Å². The smallest absolute Gasteiger partial charge is 0.264 e. The van der Waals surface area contributed by atoms with Crippen LogP contribution in [-0.2, 0) is 20.0 Å². The van der Waals surface area contributed by atoms with E-state index in [0.29, 0.717) is 31.1 Å². The molecule has 0 bridgehead atoms. The van der Waals surface area contributed by atoms with Gasteiger partial charge in [0, 0.05) is 30.1 Å². The van der Waals surface area contributed by atoms with E-state index >= 15 is 0 Å². The van der Waals surface area contributed by atoms with Crippen molar-refractivity contribution in [2.75, 3.05) is 22.7 Å². The Labute approximate surface area is 190 Å². The molecule has 1 aromatic heterocycles. The molecule has 0 saturated heterocycles. The molecular weight excluding hydrogens is 478 g/mol. The molecule has 4 rings (SSSR count). The minimum absolute atomic E-state index is 0.0118. The number of nitrogens with one attached hydrogen (secondary N) is 2. The summed E-state index contributed by atoms with van der Waals surface area (Å²) in [6.45, 7) is 0.937. The quantitative estimate of drug-likeness (QED) is 0.501. The molecule has 1 aliphatic heterocycles. The van der Waals surface area contributed by atoms with E-state index in [1.165, 1.54) is 54.7 Å². The highest BCUT2D eigenvalue weighted by molar-refractivity contribution is 7.93. The van der Waals surface area contributed by atoms with Crippen molar-refractivity contribution in [2.45, 2.75) is 16.2 Å². The SMILES string of the molecule is O=S(=O)(Nc1ccc(NS(=O)(=O)c2cccnc2Cl)cc1)c1ccc2c(c1)OCCCO2. The second-order valence-corrected chi connectivity index (χ2v) is 10.4. The molecule has 2 heterocycles. The van der Waals surface area contributed by atoms with Crippen LogP contribution in [-0.4, -0.2) is 35.0 Å². The molecular formula is C20H18ClN3O6S2. The Balaban J connectivity index is 1.50. The van der Waals surface area contributed by atoms with E-state index in [1.54, 1.807) is 6.07 Å². The van der Waals surface area contributed by atoms with Crippen LogP contribution in [0.2, 0.25) is 5.15 Å². The van der Waals surface area contributed by atoms with Gasteiger partial charge in [0.1, 0.15) is 10.0 Å². The molecule has 2 N–H and O–H groups in total. The molecule has 0 spiro atoms. The number of sulfonamides is 2. The number of rotatable bonds is 6. The molecule has 168 valence electrons. The van der Waals surface area contributed by atoms with Crippen molar-refractivity contribution in [3.8, 4) is 11.5 Å². The lowest BCUT2D eigenvalue weighted by molar-refractivity contribution is 0.297. The van der Waals surface area contributed by atoms with Crippen LogP contribution in [0.5, 0.6) is 11.5 Å². The van der Waals surface area contributed by atoms with E-state index < -0.39 is 20.0 Å². The molecule has 0 amide bonds. The van der Waals surface area contributed by atoms with Gasteiger partial charge in [0.15, 0.2) is 11.5 Å². The zero-order chi connectivity index (χ0) is 22.8. The van der Waals surface area contributed by atoms with Crippen LogP contribution in [0.1, 0.15) is 6.42 Å². The van der Waals surface area contributed by atoms with Gasteiger partial charge in [0.25, 0.3) is 20.0 Å². The Morgan fingerprint density at radius 1 is 0.812 bits per heavy atom. The second kappa shape index (κ2) is 8.85. The van der Waals surface area contributed by atoms with Gasteiger partial charge >= 0.3 is 0 Å². The van der Waals surface area contributed by atoms with Crippen molar-refractivity contribution < 1.29 is 26.3 Å². The maximum Gasteiger partial charge on any atom is 0.264 e. The average molecular weight is 496 g/mol. The topological polar surface area (TPSA) is 124 Å². The van der Waals surface area contributed by atoms with Crippen molar-refractivity contribution >= 4 is 43.0 Å². The lowest BCUT2D eigenvalue weighted by atomic mass is 10.3. The molecule has 3 aromatic rings. The first-order valence-corrected chi connectivity index (χ1v) is 12.7. The van der Waals surface area contributed by atoms with Crippen LogP contribution in [0, 0.1) is 0 Å². The van der Waals surface area contributed by atoms with E-state index in [2.05, 4.69) is 14.4 Å². The molecule has 12 heteroatoms. The van der Waals surface area contributed by atoms with Crippen LogP contribution in [0.15, 0.2) is 70.6 Å². The normalized spacial score (nSPS) is 13.8. The van der Waals surface area contributed by atoms with Crippen LogP contribution < -0.4 is 18.9 Å². The van der Waals surface area contributed by atoms with Gasteiger partial charge in [-0.25, -0.2) is 21.8 Å². The van der Waals surface area contributed by atoms with Gasteiger partial charge in [-0.2, -0.15) is 0 Å². The number of ether oxygens (including phenoxy) is 2. The van der Waals surface area contributed by atoms with Gasteiger partial charge in [-0.15, -0.1) is 0 Å². The van der Waals surface area contributed by atoms with E-state index in [1.807, 2.05) is 0 Å². The number of hydrogen-bond acceptors (Lipinski definition) is 7. The summed E-state index contributed by atoms with van der Waals surface area (Å²) in [7, 11) is -7.86. The Bertz CT molecular complexity index is 1350. The highest BCUT2D eigenvalue weighted by Crippen LogP contribution is 2.32. The summed E-state index contributed by atoms with van der Waals surface area (Å²) < 4.78 is 66.4. The van der Waals surface area contributed by atoms with Gasteiger partial charge in [0.05, 0.1) is 18.1 Å². The summed E-state index contributed by atoms with van der Waals surface area (Å²) in [4.78, 5) is 3.60. The Morgan fingerprint density at radius 3 is 2.09 bits per heavy atom. The van der Waals surface area contributed by atoms with Crippen LogP contribution in [0.25, 0.3) is 0 Å². The largest absolute Gasteiger partial charge is 0.490 e. The van der Waals surface area contributed by atoms with Crippen molar-refractivity contribution in [3.63, 3.8) is 0 Å². The summed E-state index contributed by atoms with van der Waals surface area (Å²) in [5, 5.41) is -0.153. The summed E-state index contributed by atoms with van der Waals surface area (Å²) in [5.41, 5.74) is 0.475. The number of pyridine rings is 1. The van der Waals surface area contributed by atoms with E-state index in [-0.39, 0.29) is 26.3 Å². The lowest BCUT2D eigenvalue weighted by Gasteiger charge is -2.12. The van der Waals surface area contributed by atoms with E-state index in [4.69, 9.17) is 21.1 Å². The first-order valence-electron chi connectivity index (χ1n) is 9.40. The Morgan fingerprint density at radius 2 is 1.44 bits per heavy atom. The summed E-state index contributed by atoms with van der Waals surface area (Å²) in [6.07, 6.45) is 2.09. The molecule has 0 aliphatic carbocycles. The van der Waals surface area contributed by atoms with Crippen molar-refractivity contribution in [2.24, 2.45) is 0 Å². The van der Waals surface area contributed by atoms with Crippen molar-refractivity contribution in [1.29, 1.82) is 0 Å². The van der Waals surface area contributed by atoms with Gasteiger partial charge in [-0.3, -0.25) is 9.44 Å². The van der Waals surface area contributed by atoms with Gasteiger partial charge in [0.2, 0.25) is 0 Å². The number of benzene rings is 2. The first kappa shape index (κ1) is 22.2. The fourth-order valence-electron chi connectivity index (χ4n) is 2.91. The zero-order valence-electron chi connectivity index (χ0n) is 16.5. The highest BCUT2D eigenvalue weighted by Gasteiger charge is 2.20. The molecule has 0 radical (unpaired) electrons. The molecule has 2 aromatic carbocycles. The molecule has 0 atom stereocenters. The lowest BCUT2D eigenvalue weighted by Crippen LogP contribution is -2.15. The number of anilines is 2. The number of halogens is 1. The van der Waals surface area contributed by atoms with Gasteiger partial charge < -0.3 is 9.47 Å². The number of nitrogens with zero attached hydrogens (tertiary/aromatic N) is 1.